The number of ether oxygens (including phenoxy) is 2. The van der Waals surface area contributed by atoms with Crippen molar-refractivity contribution in [3.05, 3.63) is 64.0 Å². The number of nitro groups is 1. The minimum atomic E-state index is -1.12. The van der Waals surface area contributed by atoms with Crippen molar-refractivity contribution in [3.8, 4) is 5.75 Å². The Morgan fingerprint density at radius 1 is 1.22 bits per heavy atom. The van der Waals surface area contributed by atoms with Crippen LogP contribution < -0.4 is 10.1 Å². The number of esters is 1. The largest absolute Gasteiger partial charge is 0.482 e. The third-order valence-electron chi connectivity index (χ3n) is 3.52. The summed E-state index contributed by atoms with van der Waals surface area (Å²) in [6.45, 7) is 2.48. The molecule has 2 aromatic rings. The second-order valence-corrected chi connectivity index (χ2v) is 5.62. The van der Waals surface area contributed by atoms with Crippen LogP contribution in [0.1, 0.15) is 12.5 Å². The van der Waals surface area contributed by atoms with E-state index in [0.29, 0.717) is 5.56 Å². The molecule has 2 rings (SSSR count). The van der Waals surface area contributed by atoms with Gasteiger partial charge in [0.05, 0.1) is 4.92 Å². The standard InChI is InChI=1S/C18H17FN2O6/c1-11-3-4-13(9-16(11)19)20-18(23)12(2)27-17(22)10-26-15-7-5-14(6-8-15)21(24)25/h3-9,12H,10H2,1-2H3,(H,20,23)/t12-/m1/s1. The smallest absolute Gasteiger partial charge is 0.344 e. The van der Waals surface area contributed by atoms with Crippen molar-refractivity contribution in [1.29, 1.82) is 0 Å². The Balaban J connectivity index is 1.82. The molecule has 8 nitrogen and oxygen atoms in total. The van der Waals surface area contributed by atoms with Gasteiger partial charge in [0.1, 0.15) is 11.6 Å². The molecule has 0 unspecified atom stereocenters. The van der Waals surface area contributed by atoms with Crippen molar-refractivity contribution < 1.29 is 28.4 Å². The van der Waals surface area contributed by atoms with Gasteiger partial charge in [-0.1, -0.05) is 6.07 Å². The molecule has 27 heavy (non-hydrogen) atoms. The molecule has 0 spiro atoms. The van der Waals surface area contributed by atoms with Gasteiger partial charge in [-0.05, 0) is 43.7 Å². The quantitative estimate of drug-likeness (QED) is 0.452. The molecule has 0 bridgehead atoms. The number of aryl methyl sites for hydroxylation is 1. The number of amides is 1. The molecular weight excluding hydrogens is 359 g/mol. The summed E-state index contributed by atoms with van der Waals surface area (Å²) in [5, 5.41) is 13.0. The molecule has 0 aromatic heterocycles. The predicted octanol–water partition coefficient (Wildman–Crippen LogP) is 2.99. The van der Waals surface area contributed by atoms with Crippen LogP contribution in [0.15, 0.2) is 42.5 Å². The van der Waals surface area contributed by atoms with Crippen LogP contribution in [-0.4, -0.2) is 29.5 Å². The molecule has 0 fully saturated rings. The Morgan fingerprint density at radius 2 is 1.89 bits per heavy atom. The molecule has 1 amide bonds. The SMILES string of the molecule is Cc1ccc(NC(=O)[C@@H](C)OC(=O)COc2ccc([N+](=O)[O-])cc2)cc1F. The number of nitrogens with zero attached hydrogens (tertiary/aromatic N) is 1. The lowest BCUT2D eigenvalue weighted by molar-refractivity contribution is -0.384. The highest BCUT2D eigenvalue weighted by Gasteiger charge is 2.19. The van der Waals surface area contributed by atoms with Crippen molar-refractivity contribution >= 4 is 23.3 Å². The molecule has 0 aliphatic rings. The molecule has 0 aliphatic carbocycles. The lowest BCUT2D eigenvalue weighted by Crippen LogP contribution is -2.31. The number of benzene rings is 2. The van der Waals surface area contributed by atoms with E-state index in [2.05, 4.69) is 5.32 Å². The van der Waals surface area contributed by atoms with Crippen molar-refractivity contribution in [1.82, 2.24) is 0 Å². The molecular formula is C18H17FN2O6. The van der Waals surface area contributed by atoms with Crippen molar-refractivity contribution in [2.24, 2.45) is 0 Å². The fourth-order valence-corrected chi connectivity index (χ4v) is 2.01. The van der Waals surface area contributed by atoms with Gasteiger partial charge in [-0.25, -0.2) is 9.18 Å². The molecule has 142 valence electrons. The van der Waals surface area contributed by atoms with Crippen LogP contribution in [0, 0.1) is 22.9 Å². The van der Waals surface area contributed by atoms with Crippen LogP contribution in [0.2, 0.25) is 0 Å². The van der Waals surface area contributed by atoms with E-state index in [0.717, 1.165) is 0 Å². The molecule has 0 heterocycles. The molecule has 0 radical (unpaired) electrons. The van der Waals surface area contributed by atoms with Gasteiger partial charge < -0.3 is 14.8 Å². The summed E-state index contributed by atoms with van der Waals surface area (Å²) in [6.07, 6.45) is -1.12. The van der Waals surface area contributed by atoms with Gasteiger partial charge in [-0.15, -0.1) is 0 Å². The van der Waals surface area contributed by atoms with Gasteiger partial charge in [0.2, 0.25) is 0 Å². The summed E-state index contributed by atoms with van der Waals surface area (Å²) in [5.74, 6) is -1.65. The number of halogens is 1. The van der Waals surface area contributed by atoms with Crippen molar-refractivity contribution in [2.75, 3.05) is 11.9 Å². The highest BCUT2D eigenvalue weighted by molar-refractivity contribution is 5.95. The van der Waals surface area contributed by atoms with E-state index >= 15 is 0 Å². The highest BCUT2D eigenvalue weighted by Crippen LogP contribution is 2.17. The monoisotopic (exact) mass is 376 g/mol. The Kier molecular flexibility index (Phi) is 6.42. The first kappa shape index (κ1) is 19.8. The fourth-order valence-electron chi connectivity index (χ4n) is 2.01. The van der Waals surface area contributed by atoms with Gasteiger partial charge in [-0.2, -0.15) is 0 Å². The summed E-state index contributed by atoms with van der Waals surface area (Å²) in [5.41, 5.74) is 0.576. The Morgan fingerprint density at radius 3 is 2.48 bits per heavy atom. The van der Waals surface area contributed by atoms with E-state index in [4.69, 9.17) is 9.47 Å². The summed E-state index contributed by atoms with van der Waals surface area (Å²) in [6, 6.07) is 9.36. The predicted molar refractivity (Wildman–Crippen MR) is 93.9 cm³/mol. The number of non-ortho nitro benzene ring substituents is 1. The summed E-state index contributed by atoms with van der Waals surface area (Å²) in [4.78, 5) is 33.8. The third-order valence-corrected chi connectivity index (χ3v) is 3.52. The number of nitro benzene ring substituents is 1. The van der Waals surface area contributed by atoms with Crippen LogP contribution in [0.4, 0.5) is 15.8 Å². The molecule has 0 saturated carbocycles. The van der Waals surface area contributed by atoms with Gasteiger partial charge in [-0.3, -0.25) is 14.9 Å². The van der Waals surface area contributed by atoms with E-state index in [9.17, 15) is 24.1 Å². The van der Waals surface area contributed by atoms with Crippen LogP contribution >= 0.6 is 0 Å². The van der Waals surface area contributed by atoms with E-state index in [1.54, 1.807) is 6.92 Å². The number of nitrogens with one attached hydrogen (secondary N) is 1. The first-order chi connectivity index (χ1) is 12.8. The molecule has 1 atom stereocenters. The van der Waals surface area contributed by atoms with Gasteiger partial charge >= 0.3 is 5.97 Å². The molecule has 0 saturated heterocycles. The topological polar surface area (TPSA) is 108 Å². The van der Waals surface area contributed by atoms with Crippen LogP contribution in [-0.2, 0) is 14.3 Å². The molecule has 9 heteroatoms. The zero-order chi connectivity index (χ0) is 20.0. The molecule has 1 N–H and O–H groups in total. The van der Waals surface area contributed by atoms with Gasteiger partial charge in [0, 0.05) is 17.8 Å². The first-order valence-electron chi connectivity index (χ1n) is 7.90. The zero-order valence-corrected chi connectivity index (χ0v) is 14.6. The number of rotatable bonds is 7. The number of hydrogen-bond acceptors (Lipinski definition) is 6. The second-order valence-electron chi connectivity index (χ2n) is 5.62. The molecule has 0 aliphatic heterocycles. The number of anilines is 1. The minimum Gasteiger partial charge on any atom is -0.482 e. The van der Waals surface area contributed by atoms with E-state index in [-0.39, 0.29) is 17.1 Å². The van der Waals surface area contributed by atoms with Crippen LogP contribution in [0.25, 0.3) is 0 Å². The van der Waals surface area contributed by atoms with Gasteiger partial charge in [0.25, 0.3) is 11.6 Å². The summed E-state index contributed by atoms with van der Waals surface area (Å²) in [7, 11) is 0. The lowest BCUT2D eigenvalue weighted by Gasteiger charge is -2.14. The average Bonchev–Trinajstić information content (AvgIpc) is 2.63. The lowest BCUT2D eigenvalue weighted by atomic mass is 10.2. The Hall–Kier alpha value is -3.49. The van der Waals surface area contributed by atoms with E-state index in [1.165, 1.54) is 49.4 Å². The summed E-state index contributed by atoms with van der Waals surface area (Å²) < 4.78 is 23.6. The first-order valence-corrected chi connectivity index (χ1v) is 7.90. The Labute approximate surface area is 154 Å². The summed E-state index contributed by atoms with van der Waals surface area (Å²) >= 11 is 0. The molecule has 2 aromatic carbocycles. The van der Waals surface area contributed by atoms with Crippen molar-refractivity contribution in [3.63, 3.8) is 0 Å². The number of hydrogen-bond donors (Lipinski definition) is 1. The minimum absolute atomic E-state index is 0.109. The van der Waals surface area contributed by atoms with Crippen LogP contribution in [0.5, 0.6) is 5.75 Å². The maximum absolute atomic E-state index is 13.5. The third kappa shape index (κ3) is 5.77. The highest BCUT2D eigenvalue weighted by atomic mass is 19.1. The normalized spacial score (nSPS) is 11.4. The zero-order valence-electron chi connectivity index (χ0n) is 14.6. The Bertz CT molecular complexity index is 853. The van der Waals surface area contributed by atoms with Gasteiger partial charge in [0.15, 0.2) is 12.7 Å². The maximum Gasteiger partial charge on any atom is 0.344 e. The number of carbonyl (C=O) groups is 2. The van der Waals surface area contributed by atoms with E-state index < -0.39 is 35.3 Å². The van der Waals surface area contributed by atoms with Crippen molar-refractivity contribution in [2.45, 2.75) is 20.0 Å². The van der Waals surface area contributed by atoms with Crippen LogP contribution in [0.3, 0.4) is 0 Å². The maximum atomic E-state index is 13.5. The van der Waals surface area contributed by atoms with E-state index in [1.807, 2.05) is 0 Å². The number of carbonyl (C=O) groups excluding carboxylic acids is 2. The second kappa shape index (κ2) is 8.75. The fraction of sp³-hybridized carbons (Fsp3) is 0.222. The average molecular weight is 376 g/mol.